The van der Waals surface area contributed by atoms with Crippen LogP contribution in [-0.2, 0) is 0 Å². The molecule has 0 spiro atoms. The Labute approximate surface area is 115 Å². The van der Waals surface area contributed by atoms with E-state index in [1.54, 1.807) is 0 Å². The third-order valence-electron chi connectivity index (χ3n) is 2.51. The number of carbonyl (C=O) groups excluding carboxylic acids is 1. The van der Waals surface area contributed by atoms with Crippen LogP contribution in [0, 0.1) is 6.92 Å². The van der Waals surface area contributed by atoms with Gasteiger partial charge in [0.1, 0.15) is 11.0 Å². The fraction of sp³-hybridized carbons (Fsp3) is 0.0769. The topological polar surface area (TPSA) is 80.0 Å². The van der Waals surface area contributed by atoms with E-state index in [4.69, 9.17) is 17.4 Å². The molecule has 2 aromatic rings. The van der Waals surface area contributed by atoms with E-state index >= 15 is 0 Å². The molecule has 5 nitrogen and oxygen atoms in total. The van der Waals surface area contributed by atoms with Crippen LogP contribution in [0.4, 0.5) is 11.5 Å². The molecule has 1 amide bonds. The molecular formula is C13H13ClN4O. The van der Waals surface area contributed by atoms with Crippen molar-refractivity contribution in [3.05, 3.63) is 52.7 Å². The van der Waals surface area contributed by atoms with Crippen LogP contribution in [0.25, 0.3) is 0 Å². The molecule has 6 heteroatoms. The summed E-state index contributed by atoms with van der Waals surface area (Å²) in [6.45, 7) is 1.98. The molecule has 0 atom stereocenters. The average molecular weight is 277 g/mol. The minimum atomic E-state index is -0.273. The first-order valence-corrected chi connectivity index (χ1v) is 5.98. The van der Waals surface area contributed by atoms with Gasteiger partial charge in [-0.1, -0.05) is 29.3 Å². The Morgan fingerprint density at radius 2 is 1.95 bits per heavy atom. The number of hydrogen-bond acceptors (Lipinski definition) is 4. The zero-order chi connectivity index (χ0) is 13.8. The Morgan fingerprint density at radius 1 is 1.26 bits per heavy atom. The molecule has 0 radical (unpaired) electrons. The van der Waals surface area contributed by atoms with Crippen molar-refractivity contribution < 1.29 is 4.79 Å². The number of nitrogens with one attached hydrogen (secondary N) is 2. The minimum Gasteiger partial charge on any atom is -0.322 e. The Bertz CT molecular complexity index is 598. The summed E-state index contributed by atoms with van der Waals surface area (Å²) >= 11 is 5.81. The van der Waals surface area contributed by atoms with E-state index in [0.717, 1.165) is 5.56 Å². The fourth-order valence-electron chi connectivity index (χ4n) is 1.54. The molecule has 1 heterocycles. The highest BCUT2D eigenvalue weighted by molar-refractivity contribution is 6.30. The van der Waals surface area contributed by atoms with Crippen molar-refractivity contribution in [3.8, 4) is 0 Å². The lowest BCUT2D eigenvalue weighted by Crippen LogP contribution is -2.14. The van der Waals surface area contributed by atoms with Gasteiger partial charge in [-0.15, -0.1) is 0 Å². The summed E-state index contributed by atoms with van der Waals surface area (Å²) in [5.74, 6) is 5.32. The van der Waals surface area contributed by atoms with Crippen LogP contribution < -0.4 is 16.6 Å². The number of hydrogen-bond donors (Lipinski definition) is 3. The maximum absolute atomic E-state index is 12.1. The van der Waals surface area contributed by atoms with Crippen LogP contribution in [-0.4, -0.2) is 10.9 Å². The maximum atomic E-state index is 12.1. The second kappa shape index (κ2) is 5.69. The van der Waals surface area contributed by atoms with Gasteiger partial charge in [0.2, 0.25) is 0 Å². The summed E-state index contributed by atoms with van der Waals surface area (Å²) in [6, 6.07) is 10.5. The molecule has 1 aromatic heterocycles. The van der Waals surface area contributed by atoms with Gasteiger partial charge in [-0.2, -0.15) is 0 Å². The lowest BCUT2D eigenvalue weighted by Gasteiger charge is -2.07. The fourth-order valence-corrected chi connectivity index (χ4v) is 1.75. The Kier molecular flexibility index (Phi) is 3.99. The molecule has 0 fully saturated rings. The number of pyridine rings is 1. The van der Waals surface area contributed by atoms with Gasteiger partial charge in [-0.05, 0) is 31.2 Å². The number of hydrazine groups is 1. The van der Waals surface area contributed by atoms with Crippen molar-refractivity contribution in [1.82, 2.24) is 4.98 Å². The second-order valence-corrected chi connectivity index (χ2v) is 4.42. The molecule has 1 aromatic carbocycles. The summed E-state index contributed by atoms with van der Waals surface area (Å²) < 4.78 is 0. The van der Waals surface area contributed by atoms with Crippen molar-refractivity contribution >= 4 is 29.0 Å². The zero-order valence-electron chi connectivity index (χ0n) is 10.3. The highest BCUT2D eigenvalue weighted by atomic mass is 35.5. The number of nitrogens with two attached hydrogens (primary N) is 1. The van der Waals surface area contributed by atoms with E-state index in [0.29, 0.717) is 17.1 Å². The molecule has 0 aliphatic rings. The molecule has 2 rings (SSSR count). The van der Waals surface area contributed by atoms with Crippen LogP contribution in [0.5, 0.6) is 0 Å². The van der Waals surface area contributed by atoms with E-state index < -0.39 is 0 Å². The third-order valence-corrected chi connectivity index (χ3v) is 2.71. The largest absolute Gasteiger partial charge is 0.322 e. The first-order chi connectivity index (χ1) is 9.08. The van der Waals surface area contributed by atoms with Gasteiger partial charge in [0, 0.05) is 11.3 Å². The van der Waals surface area contributed by atoms with E-state index in [9.17, 15) is 4.79 Å². The lowest BCUT2D eigenvalue weighted by atomic mass is 10.2. The standard InChI is InChI=1S/C13H13ClN4O/c1-8-2-4-10(5-3-8)16-13(19)9-6-11(14)17-12(7-9)18-15/h2-7H,15H2,1H3,(H,16,19)(H,17,18). The molecule has 4 N–H and O–H groups in total. The number of aromatic nitrogens is 1. The van der Waals surface area contributed by atoms with E-state index in [1.807, 2.05) is 31.2 Å². The van der Waals surface area contributed by atoms with Crippen molar-refractivity contribution in [2.75, 3.05) is 10.7 Å². The number of aryl methyl sites for hydroxylation is 1. The number of anilines is 2. The SMILES string of the molecule is Cc1ccc(NC(=O)c2cc(Cl)nc(NN)c2)cc1. The van der Waals surface area contributed by atoms with Crippen LogP contribution >= 0.6 is 11.6 Å². The Hall–Kier alpha value is -2.11. The van der Waals surface area contributed by atoms with Crippen LogP contribution in [0.1, 0.15) is 15.9 Å². The van der Waals surface area contributed by atoms with Crippen molar-refractivity contribution in [2.24, 2.45) is 5.84 Å². The Balaban J connectivity index is 2.20. The monoisotopic (exact) mass is 276 g/mol. The first kappa shape index (κ1) is 13.3. The number of nitrogens with zero attached hydrogens (tertiary/aromatic N) is 1. The molecular weight excluding hydrogens is 264 g/mol. The van der Waals surface area contributed by atoms with Gasteiger partial charge >= 0.3 is 0 Å². The predicted octanol–water partition coefficient (Wildman–Crippen LogP) is 2.58. The molecule has 0 bridgehead atoms. The van der Waals surface area contributed by atoms with Crippen molar-refractivity contribution in [1.29, 1.82) is 0 Å². The number of amides is 1. The number of halogens is 1. The third kappa shape index (κ3) is 3.43. The van der Waals surface area contributed by atoms with E-state index in [1.165, 1.54) is 12.1 Å². The first-order valence-electron chi connectivity index (χ1n) is 5.61. The minimum absolute atomic E-state index is 0.199. The summed E-state index contributed by atoms with van der Waals surface area (Å²) in [5, 5.41) is 2.97. The number of carbonyl (C=O) groups is 1. The van der Waals surface area contributed by atoms with Crippen LogP contribution in [0.3, 0.4) is 0 Å². The van der Waals surface area contributed by atoms with Crippen LogP contribution in [0.15, 0.2) is 36.4 Å². The summed E-state index contributed by atoms with van der Waals surface area (Å²) in [6.07, 6.45) is 0. The molecule has 0 aliphatic heterocycles. The summed E-state index contributed by atoms with van der Waals surface area (Å²) in [4.78, 5) is 16.0. The number of rotatable bonds is 3. The smallest absolute Gasteiger partial charge is 0.255 e. The zero-order valence-corrected chi connectivity index (χ0v) is 11.0. The van der Waals surface area contributed by atoms with E-state index in [-0.39, 0.29) is 11.1 Å². The van der Waals surface area contributed by atoms with Crippen molar-refractivity contribution in [2.45, 2.75) is 6.92 Å². The average Bonchev–Trinajstić information content (AvgIpc) is 2.40. The maximum Gasteiger partial charge on any atom is 0.255 e. The van der Waals surface area contributed by atoms with Gasteiger partial charge in [-0.25, -0.2) is 10.8 Å². The number of nitrogen functional groups attached to an aromatic ring is 1. The molecule has 19 heavy (non-hydrogen) atoms. The van der Waals surface area contributed by atoms with Gasteiger partial charge in [0.05, 0.1) is 0 Å². The molecule has 0 aliphatic carbocycles. The van der Waals surface area contributed by atoms with Gasteiger partial charge in [0.15, 0.2) is 0 Å². The Morgan fingerprint density at radius 3 is 2.58 bits per heavy atom. The van der Waals surface area contributed by atoms with Crippen molar-refractivity contribution in [3.63, 3.8) is 0 Å². The van der Waals surface area contributed by atoms with E-state index in [2.05, 4.69) is 15.7 Å². The summed E-state index contributed by atoms with van der Waals surface area (Å²) in [5.41, 5.74) is 4.58. The highest BCUT2D eigenvalue weighted by Gasteiger charge is 2.09. The second-order valence-electron chi connectivity index (χ2n) is 4.03. The normalized spacial score (nSPS) is 10.1. The lowest BCUT2D eigenvalue weighted by molar-refractivity contribution is 0.102. The van der Waals surface area contributed by atoms with Gasteiger partial charge in [0.25, 0.3) is 5.91 Å². The highest BCUT2D eigenvalue weighted by Crippen LogP contribution is 2.16. The quantitative estimate of drug-likeness (QED) is 0.457. The number of benzene rings is 1. The van der Waals surface area contributed by atoms with Gasteiger partial charge in [-0.3, -0.25) is 4.79 Å². The predicted molar refractivity (Wildman–Crippen MR) is 76.2 cm³/mol. The molecule has 0 saturated carbocycles. The molecule has 0 unspecified atom stereocenters. The molecule has 0 saturated heterocycles. The van der Waals surface area contributed by atoms with Gasteiger partial charge < -0.3 is 10.7 Å². The summed E-state index contributed by atoms with van der Waals surface area (Å²) in [7, 11) is 0. The molecule has 98 valence electrons. The van der Waals surface area contributed by atoms with Crippen LogP contribution in [0.2, 0.25) is 5.15 Å².